The van der Waals surface area contributed by atoms with Crippen molar-refractivity contribution in [1.29, 1.82) is 0 Å². The van der Waals surface area contributed by atoms with E-state index in [2.05, 4.69) is 5.32 Å². The molecule has 0 aromatic rings. The van der Waals surface area contributed by atoms with Gasteiger partial charge in [0.15, 0.2) is 0 Å². The molecule has 3 aliphatic rings. The van der Waals surface area contributed by atoms with Gasteiger partial charge in [-0.3, -0.25) is 4.79 Å². The fourth-order valence-corrected chi connectivity index (χ4v) is 3.12. The van der Waals surface area contributed by atoms with E-state index in [-0.39, 0.29) is 18.2 Å². The van der Waals surface area contributed by atoms with E-state index < -0.39 is 0 Å². The summed E-state index contributed by atoms with van der Waals surface area (Å²) in [4.78, 5) is 11.3. The molecule has 0 saturated carbocycles. The molecule has 0 amide bonds. The molecular weight excluding hydrogens is 182 g/mol. The van der Waals surface area contributed by atoms with Crippen LogP contribution in [0.2, 0.25) is 0 Å². The Morgan fingerprint density at radius 3 is 3.29 bits per heavy atom. The van der Waals surface area contributed by atoms with Crippen molar-refractivity contribution in [2.45, 2.75) is 44.1 Å². The van der Waals surface area contributed by atoms with Crippen LogP contribution in [0.5, 0.6) is 0 Å². The van der Waals surface area contributed by atoms with Crippen LogP contribution in [0.1, 0.15) is 19.8 Å². The van der Waals surface area contributed by atoms with E-state index >= 15 is 0 Å². The number of rotatable bonds is 2. The highest BCUT2D eigenvalue weighted by molar-refractivity contribution is 5.71. The van der Waals surface area contributed by atoms with Crippen molar-refractivity contribution in [3.05, 3.63) is 0 Å². The number of hydrogen-bond donors (Lipinski definition) is 1. The predicted molar refractivity (Wildman–Crippen MR) is 48.7 cm³/mol. The lowest BCUT2D eigenvalue weighted by Gasteiger charge is -2.37. The van der Waals surface area contributed by atoms with E-state index in [0.717, 1.165) is 6.42 Å². The van der Waals surface area contributed by atoms with Crippen LogP contribution in [0, 0.1) is 5.92 Å². The van der Waals surface area contributed by atoms with E-state index in [1.807, 2.05) is 6.92 Å². The molecule has 0 aromatic heterocycles. The minimum atomic E-state index is -0.0527. The molecule has 3 fully saturated rings. The third kappa shape index (κ3) is 1.04. The summed E-state index contributed by atoms with van der Waals surface area (Å²) in [7, 11) is 0. The molecule has 1 N–H and O–H groups in total. The highest BCUT2D eigenvalue weighted by Gasteiger charge is 2.57. The monoisotopic (exact) mass is 197 g/mol. The van der Waals surface area contributed by atoms with E-state index in [1.165, 1.54) is 0 Å². The second-order valence-electron chi connectivity index (χ2n) is 4.37. The predicted octanol–water partition coefficient (Wildman–Crippen LogP) is 0.0673. The molecule has 4 nitrogen and oxygen atoms in total. The van der Waals surface area contributed by atoms with Crippen LogP contribution in [-0.4, -0.2) is 36.9 Å². The minimum Gasteiger partial charge on any atom is -0.458 e. The summed E-state index contributed by atoms with van der Waals surface area (Å²) < 4.78 is 11.0. The Morgan fingerprint density at radius 1 is 1.64 bits per heavy atom. The lowest BCUT2D eigenvalue weighted by atomic mass is 9.81. The lowest BCUT2D eigenvalue weighted by Crippen LogP contribution is -2.50. The van der Waals surface area contributed by atoms with E-state index in [0.29, 0.717) is 31.0 Å². The largest absolute Gasteiger partial charge is 0.458 e. The Balaban J connectivity index is 1.82. The molecule has 0 spiro atoms. The van der Waals surface area contributed by atoms with E-state index in [9.17, 15) is 4.79 Å². The average molecular weight is 197 g/mol. The van der Waals surface area contributed by atoms with Crippen molar-refractivity contribution >= 4 is 5.97 Å². The molecule has 0 aliphatic carbocycles. The van der Waals surface area contributed by atoms with Crippen LogP contribution in [0.15, 0.2) is 0 Å². The summed E-state index contributed by atoms with van der Waals surface area (Å²) in [5.74, 6) is 0.436. The fraction of sp³-hybridized carbons (Fsp3) is 0.900. The van der Waals surface area contributed by atoms with Gasteiger partial charge in [0, 0.05) is 12.6 Å². The zero-order valence-electron chi connectivity index (χ0n) is 8.23. The van der Waals surface area contributed by atoms with Crippen LogP contribution in [0.25, 0.3) is 0 Å². The molecule has 3 aliphatic heterocycles. The normalized spacial score (nSPS) is 49.5. The first-order valence-electron chi connectivity index (χ1n) is 5.36. The van der Waals surface area contributed by atoms with Gasteiger partial charge in [-0.2, -0.15) is 0 Å². The van der Waals surface area contributed by atoms with Crippen LogP contribution in [0.3, 0.4) is 0 Å². The number of nitrogens with one attached hydrogen (secondary N) is 1. The lowest BCUT2D eigenvalue weighted by molar-refractivity contribution is -0.170. The quantitative estimate of drug-likeness (QED) is 0.636. The van der Waals surface area contributed by atoms with Gasteiger partial charge in [0.2, 0.25) is 0 Å². The van der Waals surface area contributed by atoms with Crippen molar-refractivity contribution in [3.63, 3.8) is 0 Å². The number of ether oxygens (including phenoxy) is 2. The number of fused-ring (bicyclic) bond motifs is 1. The second kappa shape index (κ2) is 2.94. The molecular formula is C10H15NO3. The highest BCUT2D eigenvalue weighted by Crippen LogP contribution is 2.42. The van der Waals surface area contributed by atoms with Gasteiger partial charge in [-0.1, -0.05) is 0 Å². The van der Waals surface area contributed by atoms with Crippen LogP contribution in [-0.2, 0) is 14.3 Å². The second-order valence-corrected chi connectivity index (χ2v) is 4.37. The molecule has 3 heterocycles. The molecule has 2 bridgehead atoms. The summed E-state index contributed by atoms with van der Waals surface area (Å²) in [5.41, 5.74) is 0. The molecule has 0 radical (unpaired) electrons. The zero-order valence-corrected chi connectivity index (χ0v) is 8.23. The van der Waals surface area contributed by atoms with Crippen LogP contribution in [0.4, 0.5) is 0 Å². The molecule has 3 saturated heterocycles. The van der Waals surface area contributed by atoms with E-state index in [1.54, 1.807) is 0 Å². The first-order valence-corrected chi connectivity index (χ1v) is 5.36. The van der Waals surface area contributed by atoms with Gasteiger partial charge < -0.3 is 14.8 Å². The van der Waals surface area contributed by atoms with Gasteiger partial charge in [0.1, 0.15) is 12.2 Å². The molecule has 5 unspecified atom stereocenters. The van der Waals surface area contributed by atoms with Crippen molar-refractivity contribution < 1.29 is 14.3 Å². The summed E-state index contributed by atoms with van der Waals surface area (Å²) in [5, 5.41) is 3.48. The number of carbonyl (C=O) groups is 1. The van der Waals surface area contributed by atoms with Gasteiger partial charge in [-0.25, -0.2) is 0 Å². The van der Waals surface area contributed by atoms with Gasteiger partial charge >= 0.3 is 5.97 Å². The van der Waals surface area contributed by atoms with Crippen molar-refractivity contribution in [3.8, 4) is 0 Å². The Kier molecular flexibility index (Phi) is 1.82. The van der Waals surface area contributed by atoms with Crippen LogP contribution >= 0.6 is 0 Å². The smallest absolute Gasteiger partial charge is 0.306 e. The van der Waals surface area contributed by atoms with Gasteiger partial charge in [0.05, 0.1) is 12.5 Å². The summed E-state index contributed by atoms with van der Waals surface area (Å²) in [6.45, 7) is 2.67. The maximum atomic E-state index is 11.3. The summed E-state index contributed by atoms with van der Waals surface area (Å²) >= 11 is 0. The van der Waals surface area contributed by atoms with Crippen molar-refractivity contribution in [1.82, 2.24) is 5.32 Å². The third-order valence-electron chi connectivity index (χ3n) is 3.60. The number of carbonyl (C=O) groups excluding carboxylic acids is 1. The van der Waals surface area contributed by atoms with E-state index in [4.69, 9.17) is 9.47 Å². The van der Waals surface area contributed by atoms with Gasteiger partial charge in [-0.05, 0) is 19.3 Å². The Labute approximate surface area is 82.9 Å². The SMILES string of the molecule is CCOC1C2CC3CC(=O)OC1C3N2. The van der Waals surface area contributed by atoms with Gasteiger partial charge in [-0.15, -0.1) is 0 Å². The molecule has 3 rings (SSSR count). The Bertz CT molecular complexity index is 268. The topological polar surface area (TPSA) is 47.6 Å². The zero-order chi connectivity index (χ0) is 9.71. The van der Waals surface area contributed by atoms with Crippen molar-refractivity contribution in [2.24, 2.45) is 5.92 Å². The molecule has 0 aromatic carbocycles. The molecule has 4 heteroatoms. The molecule has 5 atom stereocenters. The standard InChI is InChI=1S/C10H15NO3/c1-2-13-9-6-3-5-4-7(12)14-10(9)8(5)11-6/h5-6,8-11H,2-4H2,1H3. The van der Waals surface area contributed by atoms with Crippen LogP contribution < -0.4 is 5.32 Å². The minimum absolute atomic E-state index is 0.0278. The third-order valence-corrected chi connectivity index (χ3v) is 3.60. The summed E-state index contributed by atoms with van der Waals surface area (Å²) in [6, 6.07) is 0.761. The first kappa shape index (κ1) is 8.68. The molecule has 78 valence electrons. The summed E-state index contributed by atoms with van der Waals surface area (Å²) in [6.07, 6.45) is 1.72. The van der Waals surface area contributed by atoms with Gasteiger partial charge in [0.25, 0.3) is 0 Å². The number of esters is 1. The fourth-order valence-electron chi connectivity index (χ4n) is 3.12. The van der Waals surface area contributed by atoms with Crippen molar-refractivity contribution in [2.75, 3.05) is 6.61 Å². The first-order chi connectivity index (χ1) is 6.79. The average Bonchev–Trinajstić information content (AvgIpc) is 2.66. The Morgan fingerprint density at radius 2 is 2.50 bits per heavy atom. The number of hydrogen-bond acceptors (Lipinski definition) is 4. The maximum absolute atomic E-state index is 11.3. The maximum Gasteiger partial charge on any atom is 0.306 e. The Hall–Kier alpha value is -0.610. The highest BCUT2D eigenvalue weighted by atomic mass is 16.6. The molecule has 14 heavy (non-hydrogen) atoms.